The van der Waals surface area contributed by atoms with Gasteiger partial charge in [0.15, 0.2) is 0 Å². The molecule has 118 valence electrons. The predicted molar refractivity (Wildman–Crippen MR) is 80.2 cm³/mol. The molecule has 0 bridgehead atoms. The van der Waals surface area contributed by atoms with Gasteiger partial charge in [-0.25, -0.2) is 0 Å². The molecular weight excluding hydrogens is 307 g/mol. The Morgan fingerprint density at radius 1 is 1.22 bits per heavy atom. The first-order chi connectivity index (χ1) is 10.8. The lowest BCUT2D eigenvalue weighted by molar-refractivity contribution is -0.274. The molecule has 2 aromatic carbocycles. The van der Waals surface area contributed by atoms with Crippen molar-refractivity contribution in [3.05, 3.63) is 59.2 Å². The molecule has 0 atom stereocenters. The van der Waals surface area contributed by atoms with Crippen molar-refractivity contribution >= 4 is 11.6 Å². The van der Waals surface area contributed by atoms with Crippen molar-refractivity contribution in [1.82, 2.24) is 0 Å². The fourth-order valence-corrected chi connectivity index (χ4v) is 1.89. The first-order valence-electron chi connectivity index (χ1n) is 6.53. The van der Waals surface area contributed by atoms with E-state index in [2.05, 4.69) is 16.0 Å². The van der Waals surface area contributed by atoms with E-state index in [1.165, 1.54) is 12.1 Å². The minimum Gasteiger partial charge on any atom is -0.406 e. The number of amides is 1. The Morgan fingerprint density at radius 2 is 1.96 bits per heavy atom. The molecule has 0 aliphatic carbocycles. The highest BCUT2D eigenvalue weighted by Gasteiger charge is 2.31. The molecule has 1 N–H and O–H groups in total. The molecule has 6 heteroatoms. The Labute approximate surface area is 131 Å². The Kier molecular flexibility index (Phi) is 4.60. The lowest BCUT2D eigenvalue weighted by Gasteiger charge is -2.11. The molecule has 0 heterocycles. The lowest BCUT2D eigenvalue weighted by Crippen LogP contribution is -2.18. The highest BCUT2D eigenvalue weighted by Crippen LogP contribution is 2.24. The number of benzene rings is 2. The maximum absolute atomic E-state index is 12.2. The highest BCUT2D eigenvalue weighted by atomic mass is 19.4. The van der Waals surface area contributed by atoms with Crippen molar-refractivity contribution < 1.29 is 22.7 Å². The van der Waals surface area contributed by atoms with Crippen LogP contribution in [0.2, 0.25) is 0 Å². The van der Waals surface area contributed by atoms with Gasteiger partial charge >= 0.3 is 6.36 Å². The SMILES string of the molecule is C#Cc1cc(NC(=O)c2cccc(OC(F)(F)F)c2)ccc1C. The van der Waals surface area contributed by atoms with E-state index in [4.69, 9.17) is 6.42 Å². The summed E-state index contributed by atoms with van der Waals surface area (Å²) in [6.45, 7) is 1.83. The number of aryl methyl sites for hydroxylation is 1. The molecular formula is C17H12F3NO2. The summed E-state index contributed by atoms with van der Waals surface area (Å²) in [5, 5.41) is 2.58. The van der Waals surface area contributed by atoms with Crippen LogP contribution in [0.1, 0.15) is 21.5 Å². The number of carbonyl (C=O) groups excluding carboxylic acids is 1. The van der Waals surface area contributed by atoms with Crippen molar-refractivity contribution in [3.8, 4) is 18.1 Å². The second-order valence-electron chi connectivity index (χ2n) is 4.70. The molecule has 0 saturated heterocycles. The quantitative estimate of drug-likeness (QED) is 0.864. The number of carbonyl (C=O) groups is 1. The summed E-state index contributed by atoms with van der Waals surface area (Å²) in [6, 6.07) is 9.83. The predicted octanol–water partition coefficient (Wildman–Crippen LogP) is 4.13. The fraction of sp³-hybridized carbons (Fsp3) is 0.118. The molecule has 0 aliphatic rings. The van der Waals surface area contributed by atoms with Crippen molar-refractivity contribution in [2.45, 2.75) is 13.3 Å². The van der Waals surface area contributed by atoms with Crippen LogP contribution in [0.25, 0.3) is 0 Å². The van der Waals surface area contributed by atoms with E-state index < -0.39 is 18.0 Å². The standard InChI is InChI=1S/C17H12F3NO2/c1-3-12-9-14(8-7-11(12)2)21-16(22)13-5-4-6-15(10-13)23-17(18,19)20/h1,4-10H,2H3,(H,21,22). The zero-order valence-corrected chi connectivity index (χ0v) is 12.1. The fourth-order valence-electron chi connectivity index (χ4n) is 1.89. The van der Waals surface area contributed by atoms with Crippen LogP contribution in [0.15, 0.2) is 42.5 Å². The summed E-state index contributed by atoms with van der Waals surface area (Å²) < 4.78 is 40.4. The van der Waals surface area contributed by atoms with Crippen LogP contribution in [0.4, 0.5) is 18.9 Å². The van der Waals surface area contributed by atoms with Crippen LogP contribution in [0.5, 0.6) is 5.75 Å². The van der Waals surface area contributed by atoms with Gasteiger partial charge in [-0.2, -0.15) is 0 Å². The Balaban J connectivity index is 2.18. The van der Waals surface area contributed by atoms with Gasteiger partial charge in [0.1, 0.15) is 5.75 Å². The summed E-state index contributed by atoms with van der Waals surface area (Å²) in [4.78, 5) is 12.1. The van der Waals surface area contributed by atoms with E-state index in [-0.39, 0.29) is 5.56 Å². The van der Waals surface area contributed by atoms with Crippen LogP contribution >= 0.6 is 0 Å². The molecule has 0 fully saturated rings. The number of nitrogens with one attached hydrogen (secondary N) is 1. The number of rotatable bonds is 3. The molecule has 3 nitrogen and oxygen atoms in total. The van der Waals surface area contributed by atoms with Crippen LogP contribution in [0, 0.1) is 19.3 Å². The average Bonchev–Trinajstić information content (AvgIpc) is 2.47. The molecule has 2 aromatic rings. The van der Waals surface area contributed by atoms with Gasteiger partial charge < -0.3 is 10.1 Å². The minimum atomic E-state index is -4.81. The van der Waals surface area contributed by atoms with Gasteiger partial charge in [-0.3, -0.25) is 4.79 Å². The molecule has 0 radical (unpaired) electrons. The first kappa shape index (κ1) is 16.4. The van der Waals surface area contributed by atoms with E-state index >= 15 is 0 Å². The first-order valence-corrected chi connectivity index (χ1v) is 6.53. The van der Waals surface area contributed by atoms with Crippen LogP contribution < -0.4 is 10.1 Å². The van der Waals surface area contributed by atoms with Crippen molar-refractivity contribution in [3.63, 3.8) is 0 Å². The number of anilines is 1. The number of hydrogen-bond donors (Lipinski definition) is 1. The molecule has 23 heavy (non-hydrogen) atoms. The second-order valence-corrected chi connectivity index (χ2v) is 4.70. The third kappa shape index (κ3) is 4.51. The monoisotopic (exact) mass is 319 g/mol. The van der Waals surface area contributed by atoms with Gasteiger partial charge in [-0.1, -0.05) is 18.1 Å². The third-order valence-electron chi connectivity index (χ3n) is 2.98. The molecule has 0 aromatic heterocycles. The Hall–Kier alpha value is -2.94. The smallest absolute Gasteiger partial charge is 0.406 e. The zero-order valence-electron chi connectivity index (χ0n) is 12.1. The Morgan fingerprint density at radius 3 is 2.61 bits per heavy atom. The number of ether oxygens (including phenoxy) is 1. The van der Waals surface area contributed by atoms with Crippen LogP contribution in [-0.2, 0) is 0 Å². The number of terminal acetylenes is 1. The lowest BCUT2D eigenvalue weighted by atomic mass is 10.1. The maximum Gasteiger partial charge on any atom is 0.573 e. The van der Waals surface area contributed by atoms with Crippen LogP contribution in [0.3, 0.4) is 0 Å². The van der Waals surface area contributed by atoms with Gasteiger partial charge in [-0.05, 0) is 42.8 Å². The molecule has 0 unspecified atom stereocenters. The molecule has 1 amide bonds. The third-order valence-corrected chi connectivity index (χ3v) is 2.98. The van der Waals surface area contributed by atoms with Gasteiger partial charge in [-0.15, -0.1) is 19.6 Å². The van der Waals surface area contributed by atoms with Crippen molar-refractivity contribution in [2.75, 3.05) is 5.32 Å². The van der Waals surface area contributed by atoms with E-state index in [0.29, 0.717) is 11.3 Å². The highest BCUT2D eigenvalue weighted by molar-refractivity contribution is 6.04. The summed E-state index contributed by atoms with van der Waals surface area (Å²) in [5.74, 6) is 1.46. The summed E-state index contributed by atoms with van der Waals surface area (Å²) in [5.41, 5.74) is 1.99. The van der Waals surface area contributed by atoms with Gasteiger partial charge in [0.2, 0.25) is 0 Å². The summed E-state index contributed by atoms with van der Waals surface area (Å²) in [6.07, 6.45) is 0.543. The second kappa shape index (κ2) is 6.44. The van der Waals surface area contributed by atoms with Crippen LogP contribution in [-0.4, -0.2) is 12.3 Å². The van der Waals surface area contributed by atoms with Gasteiger partial charge in [0.25, 0.3) is 5.91 Å². The maximum atomic E-state index is 12.2. The normalized spacial score (nSPS) is 10.7. The summed E-state index contributed by atoms with van der Waals surface area (Å²) >= 11 is 0. The van der Waals surface area contributed by atoms with E-state index in [1.807, 2.05) is 6.92 Å². The molecule has 2 rings (SSSR count). The van der Waals surface area contributed by atoms with Crippen molar-refractivity contribution in [1.29, 1.82) is 0 Å². The average molecular weight is 319 g/mol. The van der Waals surface area contributed by atoms with E-state index in [0.717, 1.165) is 17.7 Å². The van der Waals surface area contributed by atoms with Gasteiger partial charge in [0.05, 0.1) is 0 Å². The number of halogens is 3. The van der Waals surface area contributed by atoms with Crippen molar-refractivity contribution in [2.24, 2.45) is 0 Å². The van der Waals surface area contributed by atoms with E-state index in [1.54, 1.807) is 18.2 Å². The molecule has 0 saturated carbocycles. The topological polar surface area (TPSA) is 38.3 Å². The largest absolute Gasteiger partial charge is 0.573 e. The van der Waals surface area contributed by atoms with Gasteiger partial charge in [0, 0.05) is 16.8 Å². The summed E-state index contributed by atoms with van der Waals surface area (Å²) in [7, 11) is 0. The zero-order chi connectivity index (χ0) is 17.0. The minimum absolute atomic E-state index is 0.0367. The Bertz CT molecular complexity index is 776. The molecule has 0 spiro atoms. The molecule has 0 aliphatic heterocycles. The number of hydrogen-bond acceptors (Lipinski definition) is 2. The number of alkyl halides is 3. The van der Waals surface area contributed by atoms with E-state index in [9.17, 15) is 18.0 Å².